The molecule has 0 radical (unpaired) electrons. The number of rotatable bonds is 5. The van der Waals surface area contributed by atoms with E-state index in [-0.39, 0.29) is 22.6 Å². The molecule has 162 valence electrons. The number of thioether (sulfide) groups is 1. The molecule has 1 N–H and O–H groups in total. The quantitative estimate of drug-likeness (QED) is 0.543. The molecule has 8 heteroatoms. The van der Waals surface area contributed by atoms with Gasteiger partial charge in [0.05, 0.1) is 22.7 Å². The SMILES string of the molecule is Cc1cc(/C=C2\SC(=O)N(Cc3ccccc3F)C2=O)c(C)n1-c1ccccc1C(=O)O. The second-order valence-electron chi connectivity index (χ2n) is 7.34. The van der Waals surface area contributed by atoms with Gasteiger partial charge >= 0.3 is 5.97 Å². The van der Waals surface area contributed by atoms with Crippen LogP contribution in [0.2, 0.25) is 0 Å². The maximum absolute atomic E-state index is 14.0. The Morgan fingerprint density at radius 1 is 1.09 bits per heavy atom. The van der Waals surface area contributed by atoms with Gasteiger partial charge in [0.2, 0.25) is 0 Å². The van der Waals surface area contributed by atoms with Crippen LogP contribution in [0.1, 0.15) is 32.9 Å². The first-order valence-electron chi connectivity index (χ1n) is 9.78. The van der Waals surface area contributed by atoms with E-state index in [0.717, 1.165) is 28.0 Å². The molecule has 4 rings (SSSR count). The molecule has 2 aromatic carbocycles. The fraction of sp³-hybridized carbons (Fsp3) is 0.125. The van der Waals surface area contributed by atoms with Crippen LogP contribution in [0.3, 0.4) is 0 Å². The first-order valence-corrected chi connectivity index (χ1v) is 10.6. The lowest BCUT2D eigenvalue weighted by atomic mass is 10.1. The molecule has 6 nitrogen and oxygen atoms in total. The lowest BCUT2D eigenvalue weighted by Gasteiger charge is -2.13. The van der Waals surface area contributed by atoms with Gasteiger partial charge in [-0.2, -0.15) is 0 Å². The zero-order valence-electron chi connectivity index (χ0n) is 17.3. The minimum atomic E-state index is -1.04. The van der Waals surface area contributed by atoms with Gasteiger partial charge < -0.3 is 9.67 Å². The Balaban J connectivity index is 1.68. The number of carbonyl (C=O) groups excluding carboxylic acids is 2. The topological polar surface area (TPSA) is 79.6 Å². The van der Waals surface area contributed by atoms with Crippen LogP contribution in [-0.2, 0) is 11.3 Å². The Morgan fingerprint density at radius 2 is 1.78 bits per heavy atom. The maximum Gasteiger partial charge on any atom is 0.337 e. The van der Waals surface area contributed by atoms with Gasteiger partial charge in [0.1, 0.15) is 5.82 Å². The standard InChI is InChI=1S/C24H19FN2O4S/c1-14-11-17(15(2)27(14)20-10-6-4-8-18(20)23(29)30)12-21-22(28)26(24(31)32-21)13-16-7-3-5-9-19(16)25/h3-12H,13H2,1-2H3,(H,29,30)/b21-12-. The molecule has 1 saturated heterocycles. The largest absolute Gasteiger partial charge is 0.478 e. The third-order valence-electron chi connectivity index (χ3n) is 5.29. The smallest absolute Gasteiger partial charge is 0.337 e. The number of halogens is 1. The number of para-hydroxylation sites is 1. The molecular weight excluding hydrogens is 431 g/mol. The highest BCUT2D eigenvalue weighted by atomic mass is 32.2. The van der Waals surface area contributed by atoms with Crippen molar-refractivity contribution in [2.45, 2.75) is 20.4 Å². The summed E-state index contributed by atoms with van der Waals surface area (Å²) in [6.45, 7) is 3.52. The molecule has 2 amide bonds. The van der Waals surface area contributed by atoms with Crippen molar-refractivity contribution in [2.24, 2.45) is 0 Å². The molecular formula is C24H19FN2O4S. The molecule has 0 unspecified atom stereocenters. The van der Waals surface area contributed by atoms with Crippen LogP contribution < -0.4 is 0 Å². The second kappa shape index (κ2) is 8.47. The zero-order valence-corrected chi connectivity index (χ0v) is 18.1. The Morgan fingerprint density at radius 3 is 2.50 bits per heavy atom. The average Bonchev–Trinajstić information content (AvgIpc) is 3.18. The fourth-order valence-corrected chi connectivity index (χ4v) is 4.56. The number of amides is 2. The summed E-state index contributed by atoms with van der Waals surface area (Å²) in [5.74, 6) is -2.00. The highest BCUT2D eigenvalue weighted by molar-refractivity contribution is 8.18. The molecule has 0 bridgehead atoms. The normalized spacial score (nSPS) is 15.1. The number of aryl methyl sites for hydroxylation is 1. The Bertz CT molecular complexity index is 1290. The number of hydrogen-bond acceptors (Lipinski definition) is 4. The minimum absolute atomic E-state index is 0.139. The number of imide groups is 1. The molecule has 1 aliphatic rings. The zero-order chi connectivity index (χ0) is 23.0. The van der Waals surface area contributed by atoms with Crippen LogP contribution in [0.15, 0.2) is 59.5 Å². The lowest BCUT2D eigenvalue weighted by molar-refractivity contribution is -0.123. The van der Waals surface area contributed by atoms with Crippen molar-refractivity contribution >= 4 is 35.0 Å². The van der Waals surface area contributed by atoms with Gasteiger partial charge in [-0.3, -0.25) is 14.5 Å². The Hall–Kier alpha value is -3.65. The van der Waals surface area contributed by atoms with E-state index in [4.69, 9.17) is 0 Å². The molecule has 1 aliphatic heterocycles. The maximum atomic E-state index is 14.0. The van der Waals surface area contributed by atoms with Crippen LogP contribution in [-0.4, -0.2) is 31.7 Å². The lowest BCUT2D eigenvalue weighted by Crippen LogP contribution is -2.27. The van der Waals surface area contributed by atoms with Crippen molar-refractivity contribution in [2.75, 3.05) is 0 Å². The van der Waals surface area contributed by atoms with Crippen LogP contribution in [0.5, 0.6) is 0 Å². The summed E-state index contributed by atoms with van der Waals surface area (Å²) < 4.78 is 15.8. The van der Waals surface area contributed by atoms with Crippen molar-refractivity contribution in [1.82, 2.24) is 9.47 Å². The van der Waals surface area contributed by atoms with E-state index < -0.39 is 22.9 Å². The highest BCUT2D eigenvalue weighted by Gasteiger charge is 2.35. The molecule has 2 heterocycles. The molecule has 0 saturated carbocycles. The molecule has 32 heavy (non-hydrogen) atoms. The molecule has 0 spiro atoms. The highest BCUT2D eigenvalue weighted by Crippen LogP contribution is 2.35. The van der Waals surface area contributed by atoms with Gasteiger partial charge in [-0.05, 0) is 61.5 Å². The van der Waals surface area contributed by atoms with E-state index in [1.807, 2.05) is 19.9 Å². The number of benzene rings is 2. The summed E-state index contributed by atoms with van der Waals surface area (Å²) in [5, 5.41) is 9.07. The van der Waals surface area contributed by atoms with Crippen molar-refractivity contribution in [1.29, 1.82) is 0 Å². The van der Waals surface area contributed by atoms with Crippen LogP contribution in [0.4, 0.5) is 9.18 Å². The van der Waals surface area contributed by atoms with Crippen molar-refractivity contribution in [3.63, 3.8) is 0 Å². The summed E-state index contributed by atoms with van der Waals surface area (Å²) in [5.41, 5.74) is 3.15. The van der Waals surface area contributed by atoms with Crippen LogP contribution in [0.25, 0.3) is 11.8 Å². The van der Waals surface area contributed by atoms with E-state index in [2.05, 4.69) is 0 Å². The fourth-order valence-electron chi connectivity index (χ4n) is 3.73. The van der Waals surface area contributed by atoms with E-state index in [1.165, 1.54) is 18.2 Å². The van der Waals surface area contributed by atoms with E-state index in [1.54, 1.807) is 41.0 Å². The number of aromatic carboxylic acids is 1. The number of aromatic nitrogens is 1. The molecule has 1 fully saturated rings. The third kappa shape index (κ3) is 3.85. The van der Waals surface area contributed by atoms with Crippen molar-refractivity contribution in [3.8, 4) is 5.69 Å². The first-order chi connectivity index (χ1) is 15.3. The molecule has 1 aromatic heterocycles. The third-order valence-corrected chi connectivity index (χ3v) is 6.20. The summed E-state index contributed by atoms with van der Waals surface area (Å²) in [6.07, 6.45) is 1.62. The van der Waals surface area contributed by atoms with Crippen LogP contribution >= 0.6 is 11.8 Å². The van der Waals surface area contributed by atoms with E-state index >= 15 is 0 Å². The van der Waals surface area contributed by atoms with Gasteiger partial charge in [0.15, 0.2) is 0 Å². The summed E-state index contributed by atoms with van der Waals surface area (Å²) in [4.78, 5) is 38.2. The van der Waals surface area contributed by atoms with E-state index in [9.17, 15) is 23.9 Å². The first kappa shape index (κ1) is 21.6. The predicted octanol–water partition coefficient (Wildman–Crippen LogP) is 5.17. The van der Waals surface area contributed by atoms with Gasteiger partial charge in [0, 0.05) is 17.0 Å². The molecule has 3 aromatic rings. The number of carboxylic acid groups (broad SMARTS) is 1. The molecule has 0 atom stereocenters. The Labute approximate surface area is 188 Å². The van der Waals surface area contributed by atoms with Crippen molar-refractivity contribution in [3.05, 3.63) is 93.4 Å². The average molecular weight is 450 g/mol. The summed E-state index contributed by atoms with van der Waals surface area (Å²) in [6, 6.07) is 14.5. The number of hydrogen-bond donors (Lipinski definition) is 1. The predicted molar refractivity (Wildman–Crippen MR) is 120 cm³/mol. The van der Waals surface area contributed by atoms with E-state index in [0.29, 0.717) is 11.3 Å². The number of nitrogens with zero attached hydrogens (tertiary/aromatic N) is 2. The monoisotopic (exact) mass is 450 g/mol. The number of carboxylic acids is 1. The minimum Gasteiger partial charge on any atom is -0.478 e. The van der Waals surface area contributed by atoms with Gasteiger partial charge in [-0.25, -0.2) is 9.18 Å². The van der Waals surface area contributed by atoms with Gasteiger partial charge in [-0.1, -0.05) is 30.3 Å². The Kier molecular flexibility index (Phi) is 5.71. The van der Waals surface area contributed by atoms with Crippen LogP contribution in [0, 0.1) is 19.7 Å². The summed E-state index contributed by atoms with van der Waals surface area (Å²) >= 11 is 0.802. The van der Waals surface area contributed by atoms with Gasteiger partial charge in [0.25, 0.3) is 11.1 Å². The number of carbonyl (C=O) groups is 3. The van der Waals surface area contributed by atoms with Crippen molar-refractivity contribution < 1.29 is 23.9 Å². The summed E-state index contributed by atoms with van der Waals surface area (Å²) in [7, 11) is 0. The molecule has 0 aliphatic carbocycles. The van der Waals surface area contributed by atoms with Gasteiger partial charge in [-0.15, -0.1) is 0 Å². The second-order valence-corrected chi connectivity index (χ2v) is 8.34.